The molecule has 12 heteroatoms. The van der Waals surface area contributed by atoms with E-state index in [9.17, 15) is 14.7 Å². The fourth-order valence-corrected chi connectivity index (χ4v) is 6.30. The third-order valence-electron chi connectivity index (χ3n) is 8.05. The zero-order valence-corrected chi connectivity index (χ0v) is 22.9. The highest BCUT2D eigenvalue weighted by Crippen LogP contribution is 2.48. The van der Waals surface area contributed by atoms with Gasteiger partial charge in [0.1, 0.15) is 40.1 Å². The Morgan fingerprint density at radius 2 is 2.10 bits per heavy atom. The number of hydrogen-bond donors (Lipinski definition) is 1. The average molecular weight is 570 g/mol. The SMILES string of the molecule is C=CC(=O)N1CCN2c3nc(=O)n([C@H]4CCOCC4(C)C)c4nc(-c5c(O)cccc5F)c(Cl)c(c34)OC[C@H]2C1. The van der Waals surface area contributed by atoms with Gasteiger partial charge in [-0.1, -0.05) is 38.1 Å². The maximum Gasteiger partial charge on any atom is 0.351 e. The number of fused-ring (bicyclic) bond motifs is 2. The number of nitrogens with zero attached hydrogens (tertiary/aromatic N) is 5. The molecule has 0 radical (unpaired) electrons. The normalized spacial score (nSPS) is 21.9. The van der Waals surface area contributed by atoms with Gasteiger partial charge in [-0.2, -0.15) is 4.98 Å². The maximum absolute atomic E-state index is 15.1. The monoisotopic (exact) mass is 569 g/mol. The second kappa shape index (κ2) is 9.74. The quantitative estimate of drug-likeness (QED) is 0.477. The second-order valence-corrected chi connectivity index (χ2v) is 11.4. The number of aromatic hydroxyl groups is 1. The molecule has 210 valence electrons. The van der Waals surface area contributed by atoms with Crippen LogP contribution in [-0.4, -0.2) is 75.9 Å². The van der Waals surface area contributed by atoms with Crippen LogP contribution in [0.4, 0.5) is 10.2 Å². The Labute approximate surface area is 234 Å². The summed E-state index contributed by atoms with van der Waals surface area (Å²) in [5.41, 5.74) is -0.962. The van der Waals surface area contributed by atoms with E-state index in [2.05, 4.69) is 11.6 Å². The van der Waals surface area contributed by atoms with Crippen LogP contribution in [0.2, 0.25) is 5.02 Å². The molecule has 3 aliphatic rings. The van der Waals surface area contributed by atoms with E-state index in [0.717, 1.165) is 0 Å². The van der Waals surface area contributed by atoms with Gasteiger partial charge in [0, 0.05) is 37.7 Å². The minimum Gasteiger partial charge on any atom is -0.507 e. The fourth-order valence-electron chi connectivity index (χ4n) is 6.01. The summed E-state index contributed by atoms with van der Waals surface area (Å²) in [5, 5.41) is 11.0. The summed E-state index contributed by atoms with van der Waals surface area (Å²) in [6.07, 6.45) is 1.80. The predicted octanol–water partition coefficient (Wildman–Crippen LogP) is 3.54. The number of phenols is 1. The van der Waals surface area contributed by atoms with Crippen molar-refractivity contribution in [1.29, 1.82) is 0 Å². The summed E-state index contributed by atoms with van der Waals surface area (Å²) in [6.45, 7) is 9.71. The van der Waals surface area contributed by atoms with E-state index in [1.165, 1.54) is 28.8 Å². The van der Waals surface area contributed by atoms with Crippen LogP contribution < -0.4 is 15.3 Å². The molecule has 2 fully saturated rings. The molecule has 3 aliphatic heterocycles. The number of anilines is 1. The van der Waals surface area contributed by atoms with Crippen molar-refractivity contribution in [2.45, 2.75) is 32.4 Å². The molecule has 1 aromatic carbocycles. The lowest BCUT2D eigenvalue weighted by molar-refractivity contribution is -0.126. The summed E-state index contributed by atoms with van der Waals surface area (Å²) in [7, 11) is 0. The van der Waals surface area contributed by atoms with Gasteiger partial charge in [0.05, 0.1) is 18.2 Å². The summed E-state index contributed by atoms with van der Waals surface area (Å²) in [5.74, 6) is -0.724. The highest BCUT2D eigenvalue weighted by molar-refractivity contribution is 6.36. The van der Waals surface area contributed by atoms with Gasteiger partial charge in [-0.3, -0.25) is 9.36 Å². The van der Waals surface area contributed by atoms with E-state index in [-0.39, 0.29) is 58.0 Å². The molecule has 5 heterocycles. The van der Waals surface area contributed by atoms with Crippen LogP contribution in [0.3, 0.4) is 0 Å². The summed E-state index contributed by atoms with van der Waals surface area (Å²) in [4.78, 5) is 39.2. The number of benzene rings is 1. The summed E-state index contributed by atoms with van der Waals surface area (Å²) < 4.78 is 28.7. The molecule has 2 saturated heterocycles. The summed E-state index contributed by atoms with van der Waals surface area (Å²) in [6, 6.07) is 3.26. The zero-order chi connectivity index (χ0) is 28.3. The van der Waals surface area contributed by atoms with Gasteiger partial charge in [-0.05, 0) is 24.6 Å². The molecule has 0 aliphatic carbocycles. The molecule has 0 saturated carbocycles. The highest BCUT2D eigenvalue weighted by Gasteiger charge is 2.41. The number of hydrogen-bond acceptors (Lipinski definition) is 8. The van der Waals surface area contributed by atoms with Crippen molar-refractivity contribution >= 4 is 34.4 Å². The third kappa shape index (κ3) is 4.10. The van der Waals surface area contributed by atoms with Crippen molar-refractivity contribution in [3.63, 3.8) is 0 Å². The number of carbonyl (C=O) groups is 1. The number of halogens is 2. The average Bonchev–Trinajstić information content (AvgIpc) is 3.08. The molecule has 0 unspecified atom stereocenters. The van der Waals surface area contributed by atoms with Crippen molar-refractivity contribution in [2.75, 3.05) is 44.4 Å². The number of ether oxygens (including phenoxy) is 2. The standard InChI is InChI=1S/C28H29ClFN5O5/c1-4-19(37)33-9-10-34-15(12-33)13-40-24-21-25(34)32-27(38)35(18-8-11-39-14-28(18,2)3)26(21)31-23(22(24)29)20-16(30)6-5-7-17(20)36/h4-7,15,18,36H,1,8-14H2,2-3H3/t15-,18+/m1/s1. The highest BCUT2D eigenvalue weighted by atomic mass is 35.5. The Balaban J connectivity index is 1.65. The van der Waals surface area contributed by atoms with Crippen molar-refractivity contribution < 1.29 is 23.8 Å². The van der Waals surface area contributed by atoms with Crippen molar-refractivity contribution in [3.05, 3.63) is 52.2 Å². The molecule has 6 rings (SSSR count). The number of carbonyl (C=O) groups excluding carboxylic acids is 1. The van der Waals surface area contributed by atoms with Crippen LogP contribution in [0.25, 0.3) is 22.3 Å². The third-order valence-corrected chi connectivity index (χ3v) is 8.40. The van der Waals surface area contributed by atoms with Crippen LogP contribution in [0.15, 0.2) is 35.6 Å². The Morgan fingerprint density at radius 3 is 2.83 bits per heavy atom. The molecule has 0 spiro atoms. The van der Waals surface area contributed by atoms with Crippen LogP contribution in [0, 0.1) is 11.2 Å². The largest absolute Gasteiger partial charge is 0.507 e. The van der Waals surface area contributed by atoms with Crippen molar-refractivity contribution in [3.8, 4) is 22.8 Å². The van der Waals surface area contributed by atoms with Crippen molar-refractivity contribution in [1.82, 2.24) is 19.4 Å². The Morgan fingerprint density at radius 1 is 1.30 bits per heavy atom. The fraction of sp³-hybridized carbons (Fsp3) is 0.429. The molecule has 2 aromatic heterocycles. The van der Waals surface area contributed by atoms with Gasteiger partial charge in [-0.15, -0.1) is 0 Å². The second-order valence-electron chi connectivity index (χ2n) is 11.0. The summed E-state index contributed by atoms with van der Waals surface area (Å²) >= 11 is 6.88. The van der Waals surface area contributed by atoms with Gasteiger partial charge in [0.25, 0.3) is 0 Å². The molecular weight excluding hydrogens is 541 g/mol. The van der Waals surface area contributed by atoms with Gasteiger partial charge in [0.15, 0.2) is 11.4 Å². The molecule has 10 nitrogen and oxygen atoms in total. The minimum absolute atomic E-state index is 0.00809. The van der Waals surface area contributed by atoms with Crippen molar-refractivity contribution in [2.24, 2.45) is 5.41 Å². The Kier molecular flexibility index (Phi) is 6.46. The van der Waals surface area contributed by atoms with Gasteiger partial charge >= 0.3 is 5.69 Å². The van der Waals surface area contributed by atoms with E-state index in [4.69, 9.17) is 26.1 Å². The zero-order valence-electron chi connectivity index (χ0n) is 22.2. The molecule has 1 amide bonds. The van der Waals surface area contributed by atoms with Gasteiger partial charge in [0.2, 0.25) is 5.91 Å². The van der Waals surface area contributed by atoms with Crippen LogP contribution in [0.5, 0.6) is 11.5 Å². The molecule has 3 aromatic rings. The lowest BCUT2D eigenvalue weighted by atomic mass is 9.81. The maximum atomic E-state index is 15.1. The first-order chi connectivity index (χ1) is 19.1. The first kappa shape index (κ1) is 26.5. The van der Waals surface area contributed by atoms with Gasteiger partial charge < -0.3 is 24.4 Å². The van der Waals surface area contributed by atoms with E-state index in [1.54, 1.807) is 4.90 Å². The van der Waals surface area contributed by atoms with E-state index in [1.807, 2.05) is 18.7 Å². The number of aromatic nitrogens is 3. The first-order valence-corrected chi connectivity index (χ1v) is 13.5. The van der Waals surface area contributed by atoms with Crippen LogP contribution in [0.1, 0.15) is 26.3 Å². The minimum atomic E-state index is -0.722. The van der Waals surface area contributed by atoms with Gasteiger partial charge in [-0.25, -0.2) is 14.2 Å². The van der Waals surface area contributed by atoms with Crippen LogP contribution >= 0.6 is 11.6 Å². The number of amides is 1. The number of pyridine rings is 1. The molecule has 1 N–H and O–H groups in total. The molecule has 40 heavy (non-hydrogen) atoms. The van der Waals surface area contributed by atoms with Crippen LogP contribution in [-0.2, 0) is 9.53 Å². The van der Waals surface area contributed by atoms with E-state index >= 15 is 4.39 Å². The Bertz CT molecular complexity index is 1590. The molecule has 2 atom stereocenters. The van der Waals surface area contributed by atoms with E-state index in [0.29, 0.717) is 50.5 Å². The smallest absolute Gasteiger partial charge is 0.351 e. The predicted molar refractivity (Wildman–Crippen MR) is 148 cm³/mol. The number of phenolic OH excluding ortho intramolecular Hbond substituents is 1. The number of rotatable bonds is 3. The molecular formula is C28H29ClFN5O5. The number of piperazine rings is 1. The lowest BCUT2D eigenvalue weighted by Crippen LogP contribution is -2.57. The Hall–Kier alpha value is -3.70. The topological polar surface area (TPSA) is 110 Å². The first-order valence-electron chi connectivity index (χ1n) is 13.1. The van der Waals surface area contributed by atoms with E-state index < -0.39 is 16.9 Å². The lowest BCUT2D eigenvalue weighted by Gasteiger charge is -2.41. The molecule has 0 bridgehead atoms.